The first-order valence-electron chi connectivity index (χ1n) is 6.06. The number of pyridine rings is 1. The number of hydrogen-bond acceptors (Lipinski definition) is 4. The van der Waals surface area contributed by atoms with Gasteiger partial charge in [0.2, 0.25) is 0 Å². The molecule has 1 aromatic carbocycles. The van der Waals surface area contributed by atoms with Crippen LogP contribution < -0.4 is 16.6 Å². The quantitative estimate of drug-likeness (QED) is 0.586. The highest BCUT2D eigenvalue weighted by Gasteiger charge is 2.14. The van der Waals surface area contributed by atoms with Crippen LogP contribution in [0, 0.1) is 12.7 Å². The van der Waals surface area contributed by atoms with Gasteiger partial charge in [0.15, 0.2) is 0 Å². The second-order valence-corrected chi connectivity index (χ2v) is 4.29. The fourth-order valence-corrected chi connectivity index (χ4v) is 1.81. The molecular weight excluding hydrogens is 259 g/mol. The summed E-state index contributed by atoms with van der Waals surface area (Å²) in [5, 5.41) is 2.72. The Morgan fingerprint density at radius 2 is 2.20 bits per heavy atom. The average Bonchev–Trinajstić information content (AvgIpc) is 2.46. The third-order valence-corrected chi connectivity index (χ3v) is 2.99. The predicted molar refractivity (Wildman–Crippen MR) is 74.4 cm³/mol. The molecule has 2 aromatic rings. The van der Waals surface area contributed by atoms with E-state index in [1.54, 1.807) is 12.4 Å². The molecule has 104 valence electrons. The average molecular weight is 274 g/mol. The zero-order chi connectivity index (χ0) is 14.5. The van der Waals surface area contributed by atoms with E-state index >= 15 is 0 Å². The first kappa shape index (κ1) is 14.0. The molecule has 0 aliphatic heterocycles. The van der Waals surface area contributed by atoms with Crippen LogP contribution in [0.15, 0.2) is 36.7 Å². The van der Waals surface area contributed by atoms with Crippen molar-refractivity contribution in [2.24, 2.45) is 5.84 Å². The lowest BCUT2D eigenvalue weighted by molar-refractivity contribution is 0.0951. The Labute approximate surface area is 116 Å². The number of nitrogens with zero attached hydrogens (tertiary/aromatic N) is 1. The summed E-state index contributed by atoms with van der Waals surface area (Å²) in [6.07, 6.45) is 3.37. The van der Waals surface area contributed by atoms with Crippen LogP contribution in [0.4, 0.5) is 10.1 Å². The number of hydrogen-bond donors (Lipinski definition) is 3. The predicted octanol–water partition coefficient (Wildman–Crippen LogP) is 1.74. The number of benzene rings is 1. The van der Waals surface area contributed by atoms with E-state index < -0.39 is 11.7 Å². The van der Waals surface area contributed by atoms with E-state index in [9.17, 15) is 9.18 Å². The monoisotopic (exact) mass is 274 g/mol. The minimum absolute atomic E-state index is 0.0205. The normalized spacial score (nSPS) is 10.2. The van der Waals surface area contributed by atoms with E-state index in [4.69, 9.17) is 5.84 Å². The fourth-order valence-electron chi connectivity index (χ4n) is 1.81. The van der Waals surface area contributed by atoms with E-state index in [2.05, 4.69) is 15.7 Å². The topological polar surface area (TPSA) is 80.0 Å². The molecule has 1 aromatic heterocycles. The van der Waals surface area contributed by atoms with Gasteiger partial charge in [0.25, 0.3) is 5.91 Å². The zero-order valence-electron chi connectivity index (χ0n) is 11.0. The summed E-state index contributed by atoms with van der Waals surface area (Å²) in [4.78, 5) is 16.1. The summed E-state index contributed by atoms with van der Waals surface area (Å²) in [5.74, 6) is 4.27. The van der Waals surface area contributed by atoms with Gasteiger partial charge >= 0.3 is 0 Å². The van der Waals surface area contributed by atoms with Gasteiger partial charge in [0.05, 0.1) is 11.3 Å². The second kappa shape index (κ2) is 6.12. The van der Waals surface area contributed by atoms with Crippen LogP contribution >= 0.6 is 0 Å². The van der Waals surface area contributed by atoms with Crippen molar-refractivity contribution in [1.82, 2.24) is 10.3 Å². The van der Waals surface area contributed by atoms with E-state index in [0.717, 1.165) is 11.1 Å². The third kappa shape index (κ3) is 2.92. The Bertz CT molecular complexity index is 630. The zero-order valence-corrected chi connectivity index (χ0v) is 11.0. The van der Waals surface area contributed by atoms with Crippen LogP contribution in [0.1, 0.15) is 21.5 Å². The minimum Gasteiger partial charge on any atom is -0.348 e. The molecule has 6 heteroatoms. The molecule has 0 unspecified atom stereocenters. The van der Waals surface area contributed by atoms with Gasteiger partial charge in [-0.15, -0.1) is 0 Å². The largest absolute Gasteiger partial charge is 0.348 e. The molecule has 0 saturated heterocycles. The summed E-state index contributed by atoms with van der Waals surface area (Å²) in [5.41, 5.74) is 4.27. The van der Waals surface area contributed by atoms with Gasteiger partial charge in [-0.25, -0.2) is 4.39 Å². The molecule has 0 atom stereocenters. The van der Waals surface area contributed by atoms with Gasteiger partial charge < -0.3 is 10.7 Å². The first-order chi connectivity index (χ1) is 9.63. The number of halogens is 1. The van der Waals surface area contributed by atoms with Crippen LogP contribution in [0.25, 0.3) is 0 Å². The van der Waals surface area contributed by atoms with Crippen molar-refractivity contribution in [2.75, 3.05) is 5.43 Å². The van der Waals surface area contributed by atoms with Crippen LogP contribution in [-0.4, -0.2) is 10.9 Å². The molecule has 5 nitrogen and oxygen atoms in total. The molecule has 0 spiro atoms. The number of nitrogens with one attached hydrogen (secondary N) is 2. The second-order valence-electron chi connectivity index (χ2n) is 4.29. The molecule has 4 N–H and O–H groups in total. The highest BCUT2D eigenvalue weighted by atomic mass is 19.1. The van der Waals surface area contributed by atoms with E-state index in [1.165, 1.54) is 18.2 Å². The van der Waals surface area contributed by atoms with E-state index in [0.29, 0.717) is 6.54 Å². The lowest BCUT2D eigenvalue weighted by atomic mass is 10.1. The van der Waals surface area contributed by atoms with E-state index in [1.807, 2.05) is 13.0 Å². The minimum atomic E-state index is -0.572. The Kier molecular flexibility index (Phi) is 4.27. The van der Waals surface area contributed by atoms with Crippen molar-refractivity contribution in [2.45, 2.75) is 13.5 Å². The molecule has 0 fully saturated rings. The number of aromatic nitrogens is 1. The molecule has 1 amide bonds. The summed E-state index contributed by atoms with van der Waals surface area (Å²) in [6.45, 7) is 2.25. The summed E-state index contributed by atoms with van der Waals surface area (Å²) in [7, 11) is 0. The number of nitrogens with two attached hydrogens (primary N) is 1. The maximum absolute atomic E-state index is 13.5. The molecule has 2 rings (SSSR count). The first-order valence-corrected chi connectivity index (χ1v) is 6.06. The van der Waals surface area contributed by atoms with Crippen molar-refractivity contribution < 1.29 is 9.18 Å². The van der Waals surface area contributed by atoms with Gasteiger partial charge in [0, 0.05) is 18.9 Å². The van der Waals surface area contributed by atoms with Crippen molar-refractivity contribution >= 4 is 11.6 Å². The Hall–Kier alpha value is -2.47. The smallest absolute Gasteiger partial charge is 0.253 e. The van der Waals surface area contributed by atoms with Crippen LogP contribution in [0.2, 0.25) is 0 Å². The Morgan fingerprint density at radius 1 is 1.40 bits per heavy atom. The lowest BCUT2D eigenvalue weighted by Crippen LogP contribution is -2.25. The highest BCUT2D eigenvalue weighted by molar-refractivity contribution is 5.99. The molecule has 0 aliphatic rings. The van der Waals surface area contributed by atoms with Crippen LogP contribution in [0.3, 0.4) is 0 Å². The number of nitrogen functional groups attached to an aromatic ring is 1. The number of carbonyl (C=O) groups excluding carboxylic acids is 1. The van der Waals surface area contributed by atoms with Gasteiger partial charge in [-0.1, -0.05) is 6.07 Å². The maximum Gasteiger partial charge on any atom is 0.253 e. The molecule has 0 bridgehead atoms. The number of rotatable bonds is 4. The number of anilines is 1. The standard InChI is InChI=1S/C14H15FN4O/c1-9-5-6-17-7-10(9)8-18-14(20)11-3-2-4-12(15)13(11)19-16/h2-7,19H,8,16H2,1H3,(H,18,20). The molecular formula is C14H15FN4O. The third-order valence-electron chi connectivity index (χ3n) is 2.99. The van der Waals surface area contributed by atoms with Gasteiger partial charge in [-0.2, -0.15) is 0 Å². The number of aryl methyl sites for hydroxylation is 1. The van der Waals surface area contributed by atoms with Crippen molar-refractivity contribution in [3.63, 3.8) is 0 Å². The maximum atomic E-state index is 13.5. The number of hydrazine groups is 1. The van der Waals surface area contributed by atoms with E-state index in [-0.39, 0.29) is 11.3 Å². The fraction of sp³-hybridized carbons (Fsp3) is 0.143. The molecule has 0 radical (unpaired) electrons. The van der Waals surface area contributed by atoms with Crippen molar-refractivity contribution in [1.29, 1.82) is 0 Å². The molecule has 1 heterocycles. The highest BCUT2D eigenvalue weighted by Crippen LogP contribution is 2.18. The van der Waals surface area contributed by atoms with Crippen molar-refractivity contribution in [3.05, 3.63) is 59.2 Å². The lowest BCUT2D eigenvalue weighted by Gasteiger charge is -2.11. The van der Waals surface area contributed by atoms with Crippen molar-refractivity contribution in [3.8, 4) is 0 Å². The SMILES string of the molecule is Cc1ccncc1CNC(=O)c1cccc(F)c1NN. The molecule has 0 saturated carbocycles. The molecule has 20 heavy (non-hydrogen) atoms. The van der Waals surface area contributed by atoms with Crippen LogP contribution in [-0.2, 0) is 6.54 Å². The summed E-state index contributed by atoms with van der Waals surface area (Å²) >= 11 is 0. The Morgan fingerprint density at radius 3 is 2.90 bits per heavy atom. The summed E-state index contributed by atoms with van der Waals surface area (Å²) in [6, 6.07) is 6.05. The van der Waals surface area contributed by atoms with Gasteiger partial charge in [0.1, 0.15) is 5.82 Å². The number of carbonyl (C=O) groups is 1. The van der Waals surface area contributed by atoms with Crippen LogP contribution in [0.5, 0.6) is 0 Å². The summed E-state index contributed by atoms with van der Waals surface area (Å²) < 4.78 is 13.5. The van der Waals surface area contributed by atoms with Gasteiger partial charge in [-0.3, -0.25) is 15.6 Å². The number of amides is 1. The molecule has 0 aliphatic carbocycles. The number of para-hydroxylation sites is 1. The Balaban J connectivity index is 2.14. The van der Waals surface area contributed by atoms with Gasteiger partial charge in [-0.05, 0) is 36.2 Å².